The fourth-order valence-corrected chi connectivity index (χ4v) is 1.20. The van der Waals surface area contributed by atoms with Crippen molar-refractivity contribution in [1.29, 1.82) is 0 Å². The molecule has 0 amide bonds. The van der Waals surface area contributed by atoms with Crippen LogP contribution in [0.15, 0.2) is 18.2 Å². The van der Waals surface area contributed by atoms with Gasteiger partial charge >= 0.3 is 11.7 Å². The summed E-state index contributed by atoms with van der Waals surface area (Å²) in [4.78, 5) is 20.9. The van der Waals surface area contributed by atoms with Gasteiger partial charge in [0, 0.05) is 12.5 Å². The zero-order valence-electron chi connectivity index (χ0n) is 8.75. The molecule has 1 aromatic carbocycles. The van der Waals surface area contributed by atoms with Crippen LogP contribution in [0.25, 0.3) is 0 Å². The Morgan fingerprint density at radius 3 is 2.82 bits per heavy atom. The van der Waals surface area contributed by atoms with Crippen LogP contribution in [0.3, 0.4) is 0 Å². The Morgan fingerprint density at radius 1 is 1.59 bits per heavy atom. The number of carboxylic acid groups (broad SMARTS) is 1. The number of carboxylic acids is 1. The molecule has 1 rings (SSSR count). The summed E-state index contributed by atoms with van der Waals surface area (Å²) in [7, 11) is 0. The molecular formula is C11H9NO5. The van der Waals surface area contributed by atoms with Gasteiger partial charge in [0.15, 0.2) is 0 Å². The number of ether oxygens (including phenoxy) is 1. The first-order valence-corrected chi connectivity index (χ1v) is 4.65. The lowest BCUT2D eigenvalue weighted by molar-refractivity contribution is -0.385. The molecule has 0 fully saturated rings. The third-order valence-corrected chi connectivity index (χ3v) is 1.91. The second-order valence-electron chi connectivity index (χ2n) is 3.02. The van der Waals surface area contributed by atoms with Gasteiger partial charge < -0.3 is 9.84 Å². The summed E-state index contributed by atoms with van der Waals surface area (Å²) < 4.78 is 5.07. The molecule has 6 nitrogen and oxygen atoms in total. The number of aromatic carboxylic acids is 1. The number of carbonyl (C=O) groups is 1. The molecule has 6 heteroatoms. The highest BCUT2D eigenvalue weighted by molar-refractivity contribution is 5.92. The third-order valence-electron chi connectivity index (χ3n) is 1.91. The minimum absolute atomic E-state index is 0.0294. The maximum atomic E-state index is 10.9. The lowest BCUT2D eigenvalue weighted by Gasteiger charge is -2.07. The van der Waals surface area contributed by atoms with E-state index in [0.29, 0.717) is 0 Å². The molecule has 88 valence electrons. The fraction of sp³-hybridized carbons (Fsp3) is 0.182. The quantitative estimate of drug-likeness (QED) is 0.363. The van der Waals surface area contributed by atoms with E-state index in [0.717, 1.165) is 0 Å². The first-order valence-electron chi connectivity index (χ1n) is 4.65. The van der Waals surface area contributed by atoms with Crippen LogP contribution < -0.4 is 4.74 Å². The van der Waals surface area contributed by atoms with Gasteiger partial charge in [0.1, 0.15) is 5.56 Å². The average molecular weight is 235 g/mol. The van der Waals surface area contributed by atoms with Gasteiger partial charge in [0.2, 0.25) is 5.75 Å². The maximum Gasteiger partial charge on any atom is 0.339 e. The molecule has 0 unspecified atom stereocenters. The Morgan fingerprint density at radius 2 is 2.29 bits per heavy atom. The molecule has 0 atom stereocenters. The summed E-state index contributed by atoms with van der Waals surface area (Å²) in [5, 5.41) is 19.6. The SMILES string of the molecule is C#CCCOc1c(C(=O)O)cccc1[N+](=O)[O-]. The lowest BCUT2D eigenvalue weighted by atomic mass is 10.1. The normalized spacial score (nSPS) is 9.35. The number of terminal acetylenes is 1. The van der Waals surface area contributed by atoms with E-state index in [2.05, 4.69) is 5.92 Å². The number of nitro benzene ring substituents is 1. The van der Waals surface area contributed by atoms with Gasteiger partial charge in [0.25, 0.3) is 0 Å². The van der Waals surface area contributed by atoms with Gasteiger partial charge in [-0.2, -0.15) is 0 Å². The van der Waals surface area contributed by atoms with Gasteiger partial charge in [-0.05, 0) is 6.07 Å². The summed E-state index contributed by atoms with van der Waals surface area (Å²) in [5.74, 6) is 0.742. The summed E-state index contributed by atoms with van der Waals surface area (Å²) >= 11 is 0. The molecule has 0 saturated heterocycles. The predicted molar refractivity (Wildman–Crippen MR) is 59.0 cm³/mol. The Balaban J connectivity index is 3.15. The van der Waals surface area contributed by atoms with Gasteiger partial charge in [-0.3, -0.25) is 10.1 Å². The molecule has 0 saturated carbocycles. The van der Waals surface area contributed by atoms with Crippen LogP contribution in [0.4, 0.5) is 5.69 Å². The second-order valence-corrected chi connectivity index (χ2v) is 3.02. The predicted octanol–water partition coefficient (Wildman–Crippen LogP) is 1.70. The minimum Gasteiger partial charge on any atom is -0.485 e. The van der Waals surface area contributed by atoms with Crippen molar-refractivity contribution in [2.45, 2.75) is 6.42 Å². The van der Waals surface area contributed by atoms with E-state index in [1.165, 1.54) is 18.2 Å². The fourth-order valence-electron chi connectivity index (χ4n) is 1.20. The molecule has 0 aliphatic rings. The first kappa shape index (κ1) is 12.5. The molecular weight excluding hydrogens is 226 g/mol. The van der Waals surface area contributed by atoms with E-state index in [1.807, 2.05) is 0 Å². The largest absolute Gasteiger partial charge is 0.485 e. The van der Waals surface area contributed by atoms with E-state index in [-0.39, 0.29) is 30.0 Å². The summed E-state index contributed by atoms with van der Waals surface area (Å²) in [6, 6.07) is 3.70. The lowest BCUT2D eigenvalue weighted by Crippen LogP contribution is -2.06. The number of benzene rings is 1. The van der Waals surface area contributed by atoms with Crippen molar-refractivity contribution in [3.05, 3.63) is 33.9 Å². The maximum absolute atomic E-state index is 10.9. The second kappa shape index (κ2) is 5.51. The zero-order valence-corrected chi connectivity index (χ0v) is 8.75. The summed E-state index contributed by atoms with van der Waals surface area (Å²) in [5.41, 5.74) is -0.641. The standard InChI is InChI=1S/C11H9NO5/c1-2-3-7-17-10-8(11(13)14)5-4-6-9(10)12(15)16/h1,4-6H,3,7H2,(H,13,14). The van der Waals surface area contributed by atoms with E-state index < -0.39 is 10.9 Å². The molecule has 1 aromatic rings. The van der Waals surface area contributed by atoms with Crippen molar-refractivity contribution >= 4 is 11.7 Å². The smallest absolute Gasteiger partial charge is 0.339 e. The third kappa shape index (κ3) is 2.95. The molecule has 0 heterocycles. The number of nitrogens with zero attached hydrogens (tertiary/aromatic N) is 1. The number of rotatable bonds is 5. The van der Waals surface area contributed by atoms with Gasteiger partial charge in [-0.25, -0.2) is 4.79 Å². The van der Waals surface area contributed by atoms with Crippen LogP contribution in [0, 0.1) is 22.5 Å². The molecule has 0 aromatic heterocycles. The average Bonchev–Trinajstić information content (AvgIpc) is 2.28. The van der Waals surface area contributed by atoms with Crippen molar-refractivity contribution < 1.29 is 19.6 Å². The van der Waals surface area contributed by atoms with Crippen LogP contribution >= 0.6 is 0 Å². The van der Waals surface area contributed by atoms with E-state index in [4.69, 9.17) is 16.3 Å². The monoisotopic (exact) mass is 235 g/mol. The Hall–Kier alpha value is -2.55. The van der Waals surface area contributed by atoms with E-state index >= 15 is 0 Å². The van der Waals surface area contributed by atoms with Crippen molar-refractivity contribution in [2.24, 2.45) is 0 Å². The van der Waals surface area contributed by atoms with E-state index in [1.54, 1.807) is 0 Å². The molecule has 0 bridgehead atoms. The molecule has 0 radical (unpaired) electrons. The number of para-hydroxylation sites is 1. The Labute approximate surface area is 97.0 Å². The van der Waals surface area contributed by atoms with Crippen molar-refractivity contribution in [1.82, 2.24) is 0 Å². The van der Waals surface area contributed by atoms with E-state index in [9.17, 15) is 14.9 Å². The Kier molecular flexibility index (Phi) is 4.06. The molecule has 0 spiro atoms. The van der Waals surface area contributed by atoms with Gasteiger partial charge in [-0.15, -0.1) is 12.3 Å². The van der Waals surface area contributed by atoms with Gasteiger partial charge in [-0.1, -0.05) is 6.07 Å². The number of hydrogen-bond donors (Lipinski definition) is 1. The summed E-state index contributed by atoms with van der Waals surface area (Å²) in [6.07, 6.45) is 5.25. The molecule has 1 N–H and O–H groups in total. The molecule has 0 aliphatic heterocycles. The van der Waals surface area contributed by atoms with Crippen LogP contribution in [0.5, 0.6) is 5.75 Å². The van der Waals surface area contributed by atoms with Gasteiger partial charge in [0.05, 0.1) is 11.5 Å². The Bertz CT molecular complexity index is 457. The van der Waals surface area contributed by atoms with Crippen LogP contribution in [-0.4, -0.2) is 22.6 Å². The highest BCUT2D eigenvalue weighted by atomic mass is 16.6. The highest BCUT2D eigenvalue weighted by Crippen LogP contribution is 2.30. The van der Waals surface area contributed by atoms with Crippen molar-refractivity contribution in [3.63, 3.8) is 0 Å². The van der Waals surface area contributed by atoms with Crippen molar-refractivity contribution in [2.75, 3.05) is 6.61 Å². The summed E-state index contributed by atoms with van der Waals surface area (Å²) in [6.45, 7) is 0.0294. The highest BCUT2D eigenvalue weighted by Gasteiger charge is 2.22. The first-order chi connectivity index (χ1) is 8.07. The topological polar surface area (TPSA) is 89.7 Å². The zero-order chi connectivity index (χ0) is 12.8. The van der Waals surface area contributed by atoms with Crippen LogP contribution in [0.2, 0.25) is 0 Å². The minimum atomic E-state index is -1.29. The molecule has 0 aliphatic carbocycles. The van der Waals surface area contributed by atoms with Crippen molar-refractivity contribution in [3.8, 4) is 18.1 Å². The van der Waals surface area contributed by atoms with Crippen LogP contribution in [0.1, 0.15) is 16.8 Å². The molecule has 17 heavy (non-hydrogen) atoms. The van der Waals surface area contributed by atoms with Crippen LogP contribution in [-0.2, 0) is 0 Å². The number of hydrogen-bond acceptors (Lipinski definition) is 4. The number of nitro groups is 1.